The van der Waals surface area contributed by atoms with Crippen LogP contribution in [-0.4, -0.2) is 0 Å². The molecule has 4 rings (SSSR count). The van der Waals surface area contributed by atoms with Crippen molar-refractivity contribution in [1.29, 1.82) is 10.5 Å². The summed E-state index contributed by atoms with van der Waals surface area (Å²) in [6.07, 6.45) is 17.7. The molecular weight excluding hydrogens is 340 g/mol. The molecule has 28 heavy (non-hydrogen) atoms. The Morgan fingerprint density at radius 3 is 2.00 bits per heavy atom. The average Bonchev–Trinajstić information content (AvgIpc) is 2.74. The number of hydrogen-bond donors (Lipinski definition) is 0. The Kier molecular flexibility index (Phi) is 6.82. The van der Waals surface area contributed by atoms with Crippen molar-refractivity contribution in [1.82, 2.24) is 0 Å². The molecule has 2 heteroatoms. The zero-order chi connectivity index (χ0) is 20.0. The highest BCUT2D eigenvalue weighted by atomic mass is 14.5. The molecule has 0 aliphatic heterocycles. The van der Waals surface area contributed by atoms with E-state index in [4.69, 9.17) is 0 Å². The van der Waals surface area contributed by atoms with Crippen molar-refractivity contribution in [3.8, 4) is 12.1 Å². The molecule has 0 spiro atoms. The lowest BCUT2D eigenvalue weighted by atomic mass is 9.50. The summed E-state index contributed by atoms with van der Waals surface area (Å²) in [5.41, 5.74) is 4.28. The van der Waals surface area contributed by atoms with Gasteiger partial charge in [0.05, 0.1) is 11.1 Å². The molecule has 1 aromatic carbocycles. The molecule has 0 radical (unpaired) electrons. The molecule has 150 valence electrons. The summed E-state index contributed by atoms with van der Waals surface area (Å²) in [6, 6.07) is 9.13. The Morgan fingerprint density at radius 2 is 1.43 bits per heavy atom. The topological polar surface area (TPSA) is 47.6 Å². The van der Waals surface area contributed by atoms with E-state index < -0.39 is 0 Å². The average molecular weight is 377 g/mol. The maximum Gasteiger partial charge on any atom is 0.101 e. The summed E-state index contributed by atoms with van der Waals surface area (Å²) in [6.45, 7) is 4.41. The fourth-order valence-corrected chi connectivity index (χ4v) is 5.96. The lowest BCUT2D eigenvalue weighted by Gasteiger charge is -2.54. The number of rotatable bonds is 9. The third kappa shape index (κ3) is 3.98. The minimum absolute atomic E-state index is 0.144. The van der Waals surface area contributed by atoms with Crippen molar-refractivity contribution in [3.05, 3.63) is 34.4 Å². The first-order chi connectivity index (χ1) is 13.6. The van der Waals surface area contributed by atoms with Gasteiger partial charge in [-0.25, -0.2) is 0 Å². The SMILES string of the molecule is CCCCCCCC12CCC(c3ccc(CCC)c(C#N)c3C#N)(CC1)CC2. The Hall–Kier alpha value is -1.80. The number of unbranched alkanes of at least 4 members (excludes halogenated alkanes) is 4. The zero-order valence-electron chi connectivity index (χ0n) is 17.9. The first-order valence-electron chi connectivity index (χ1n) is 11.6. The predicted molar refractivity (Wildman–Crippen MR) is 115 cm³/mol. The van der Waals surface area contributed by atoms with Gasteiger partial charge in [-0.15, -0.1) is 0 Å². The highest BCUT2D eigenvalue weighted by Crippen LogP contribution is 2.60. The molecule has 3 saturated carbocycles. The monoisotopic (exact) mass is 376 g/mol. The predicted octanol–water partition coefficient (Wildman–Crippen LogP) is 7.33. The maximum atomic E-state index is 9.91. The smallest absolute Gasteiger partial charge is 0.101 e. The highest BCUT2D eigenvalue weighted by molar-refractivity contribution is 5.57. The largest absolute Gasteiger partial charge is 0.192 e. The second-order valence-corrected chi connectivity index (χ2v) is 9.44. The van der Waals surface area contributed by atoms with Crippen LogP contribution in [0.25, 0.3) is 0 Å². The zero-order valence-corrected chi connectivity index (χ0v) is 17.9. The van der Waals surface area contributed by atoms with Crippen molar-refractivity contribution in [2.24, 2.45) is 5.41 Å². The van der Waals surface area contributed by atoms with Crippen LogP contribution in [0.15, 0.2) is 12.1 Å². The van der Waals surface area contributed by atoms with Gasteiger partial charge in [0.1, 0.15) is 12.1 Å². The number of nitrogens with zero attached hydrogens (tertiary/aromatic N) is 2. The van der Waals surface area contributed by atoms with Crippen LogP contribution in [0.1, 0.15) is 120 Å². The first kappa shape index (κ1) is 20.9. The van der Waals surface area contributed by atoms with Crippen molar-refractivity contribution in [2.45, 2.75) is 109 Å². The normalized spacial score (nSPS) is 26.0. The maximum absolute atomic E-state index is 9.91. The summed E-state index contributed by atoms with van der Waals surface area (Å²) < 4.78 is 0. The van der Waals surface area contributed by atoms with Crippen LogP contribution in [0, 0.1) is 28.1 Å². The summed E-state index contributed by atoms with van der Waals surface area (Å²) in [4.78, 5) is 0. The number of nitriles is 2. The van der Waals surface area contributed by atoms with Crippen molar-refractivity contribution >= 4 is 0 Å². The van der Waals surface area contributed by atoms with E-state index in [1.165, 1.54) is 82.6 Å². The van der Waals surface area contributed by atoms with Crippen LogP contribution in [-0.2, 0) is 11.8 Å². The van der Waals surface area contributed by atoms with Gasteiger partial charge < -0.3 is 0 Å². The summed E-state index contributed by atoms with van der Waals surface area (Å²) >= 11 is 0. The molecule has 2 nitrogen and oxygen atoms in total. The van der Waals surface area contributed by atoms with Gasteiger partial charge in [-0.3, -0.25) is 0 Å². The van der Waals surface area contributed by atoms with Gasteiger partial charge in [-0.2, -0.15) is 10.5 Å². The van der Waals surface area contributed by atoms with Crippen molar-refractivity contribution < 1.29 is 0 Å². The van der Waals surface area contributed by atoms with E-state index in [2.05, 4.69) is 38.1 Å². The van der Waals surface area contributed by atoms with Crippen LogP contribution in [0.3, 0.4) is 0 Å². The van der Waals surface area contributed by atoms with Crippen LogP contribution in [0.5, 0.6) is 0 Å². The van der Waals surface area contributed by atoms with Crippen molar-refractivity contribution in [2.75, 3.05) is 0 Å². The molecule has 0 saturated heterocycles. The van der Waals surface area contributed by atoms with Crippen molar-refractivity contribution in [3.63, 3.8) is 0 Å². The van der Waals surface area contributed by atoms with E-state index in [-0.39, 0.29) is 5.41 Å². The van der Waals surface area contributed by atoms with Crippen LogP contribution < -0.4 is 0 Å². The number of hydrogen-bond acceptors (Lipinski definition) is 2. The molecule has 3 aliphatic carbocycles. The minimum Gasteiger partial charge on any atom is -0.192 e. The molecule has 3 aliphatic rings. The van der Waals surface area contributed by atoms with Gasteiger partial charge in [-0.05, 0) is 73.3 Å². The highest BCUT2D eigenvalue weighted by Gasteiger charge is 2.49. The first-order valence-corrected chi connectivity index (χ1v) is 11.6. The van der Waals surface area contributed by atoms with Gasteiger partial charge >= 0.3 is 0 Å². The molecule has 0 unspecified atom stereocenters. The second kappa shape index (κ2) is 9.13. The molecule has 1 aromatic rings. The molecule has 0 heterocycles. The molecular formula is C26H36N2. The van der Waals surface area contributed by atoms with E-state index in [9.17, 15) is 10.5 Å². The Bertz CT molecular complexity index is 737. The van der Waals surface area contributed by atoms with Gasteiger partial charge in [0, 0.05) is 0 Å². The van der Waals surface area contributed by atoms with Gasteiger partial charge in [0.25, 0.3) is 0 Å². The lowest BCUT2D eigenvalue weighted by Crippen LogP contribution is -2.44. The van der Waals surface area contributed by atoms with E-state index in [0.29, 0.717) is 16.5 Å². The molecule has 0 amide bonds. The molecule has 0 N–H and O–H groups in total. The summed E-state index contributed by atoms with van der Waals surface area (Å²) in [5, 5.41) is 19.7. The van der Waals surface area contributed by atoms with Crippen LogP contribution in [0.2, 0.25) is 0 Å². The molecule has 0 aromatic heterocycles. The van der Waals surface area contributed by atoms with E-state index in [1.54, 1.807) is 0 Å². The number of aryl methyl sites for hydroxylation is 1. The molecule has 3 fully saturated rings. The summed E-state index contributed by atoms with van der Waals surface area (Å²) in [5.74, 6) is 0. The van der Waals surface area contributed by atoms with Crippen LogP contribution in [0.4, 0.5) is 0 Å². The third-order valence-corrected chi connectivity index (χ3v) is 7.82. The van der Waals surface area contributed by atoms with Gasteiger partial charge in [-0.1, -0.05) is 64.5 Å². The second-order valence-electron chi connectivity index (χ2n) is 9.44. The Morgan fingerprint density at radius 1 is 0.786 bits per heavy atom. The van der Waals surface area contributed by atoms with E-state index in [0.717, 1.165) is 18.4 Å². The fourth-order valence-electron chi connectivity index (χ4n) is 5.96. The lowest BCUT2D eigenvalue weighted by molar-refractivity contribution is 0.0303. The van der Waals surface area contributed by atoms with Crippen LogP contribution >= 0.6 is 0 Å². The summed E-state index contributed by atoms with van der Waals surface area (Å²) in [7, 11) is 0. The number of benzene rings is 1. The Balaban J connectivity index is 1.75. The molecule has 2 bridgehead atoms. The fraction of sp³-hybridized carbons (Fsp3) is 0.692. The standard InChI is InChI=1S/C26H36N2/c1-3-5-6-7-8-12-25-13-16-26(17-14-25,18-15-25)24-11-10-21(9-4-2)22(19-27)23(24)20-28/h10-11H,3-9,12-18H2,1-2H3. The van der Waals surface area contributed by atoms with Gasteiger partial charge in [0.2, 0.25) is 0 Å². The number of fused-ring (bicyclic) bond motifs is 3. The van der Waals surface area contributed by atoms with Gasteiger partial charge in [0.15, 0.2) is 0 Å². The molecule has 0 atom stereocenters. The van der Waals surface area contributed by atoms with E-state index in [1.807, 2.05) is 0 Å². The minimum atomic E-state index is 0.144. The third-order valence-electron chi connectivity index (χ3n) is 7.82. The quantitative estimate of drug-likeness (QED) is 0.423. The van der Waals surface area contributed by atoms with E-state index >= 15 is 0 Å². The Labute approximate surface area is 172 Å².